The Labute approximate surface area is 120 Å². The summed E-state index contributed by atoms with van der Waals surface area (Å²) in [7, 11) is 0. The maximum absolute atomic E-state index is 3.79. The largest absolute Gasteiger partial charge is 0.312 e. The summed E-state index contributed by atoms with van der Waals surface area (Å²) >= 11 is 3.97. The van der Waals surface area contributed by atoms with Gasteiger partial charge >= 0.3 is 0 Å². The minimum Gasteiger partial charge on any atom is -0.312 e. The van der Waals surface area contributed by atoms with Crippen molar-refractivity contribution >= 4 is 23.1 Å². The van der Waals surface area contributed by atoms with Crippen LogP contribution in [0.3, 0.4) is 0 Å². The molecule has 1 fully saturated rings. The highest BCUT2D eigenvalue weighted by Crippen LogP contribution is 2.34. The molecule has 0 aliphatic carbocycles. The quantitative estimate of drug-likeness (QED) is 0.891. The lowest BCUT2D eigenvalue weighted by Gasteiger charge is -2.37. The smallest absolute Gasteiger partial charge is 0.0163 e. The van der Waals surface area contributed by atoms with Crippen molar-refractivity contribution in [1.29, 1.82) is 0 Å². The monoisotopic (exact) mass is 283 g/mol. The Morgan fingerprint density at radius 2 is 2.22 bits per heavy atom. The van der Waals surface area contributed by atoms with Crippen LogP contribution in [0.1, 0.15) is 39.0 Å². The standard InChI is InChI=1S/C15H25NS2/c1-14(2)8-12(9-17-11-14)16-10-15(3,4)13-6-5-7-18-13/h5-7,12,16H,8-11H2,1-4H3. The third-order valence-corrected chi connectivity index (χ3v) is 6.49. The predicted molar refractivity (Wildman–Crippen MR) is 84.9 cm³/mol. The molecule has 0 radical (unpaired) electrons. The van der Waals surface area contributed by atoms with Gasteiger partial charge in [-0.2, -0.15) is 11.8 Å². The molecule has 0 amide bonds. The van der Waals surface area contributed by atoms with Crippen LogP contribution in [0.2, 0.25) is 0 Å². The molecule has 1 aliphatic heterocycles. The Morgan fingerprint density at radius 3 is 2.83 bits per heavy atom. The molecule has 0 saturated carbocycles. The normalized spacial score (nSPS) is 24.1. The molecule has 1 atom stereocenters. The van der Waals surface area contributed by atoms with Crippen LogP contribution in [0.4, 0.5) is 0 Å². The molecule has 0 aromatic carbocycles. The lowest BCUT2D eigenvalue weighted by atomic mass is 9.86. The fourth-order valence-electron chi connectivity index (χ4n) is 2.54. The first-order valence-electron chi connectivity index (χ1n) is 6.74. The maximum Gasteiger partial charge on any atom is 0.0163 e. The second-order valence-electron chi connectivity index (χ2n) is 6.82. The van der Waals surface area contributed by atoms with Gasteiger partial charge in [-0.25, -0.2) is 0 Å². The van der Waals surface area contributed by atoms with Crippen molar-refractivity contribution in [2.45, 2.75) is 45.6 Å². The number of thiophene rings is 1. The predicted octanol–water partition coefficient (Wildman–Crippen LogP) is 4.15. The first-order chi connectivity index (χ1) is 8.39. The van der Waals surface area contributed by atoms with Crippen molar-refractivity contribution < 1.29 is 0 Å². The van der Waals surface area contributed by atoms with Crippen LogP contribution in [0.5, 0.6) is 0 Å². The molecule has 1 aromatic rings. The molecule has 1 N–H and O–H groups in total. The Kier molecular flexibility index (Phi) is 4.45. The molecular weight excluding hydrogens is 258 g/mol. The van der Waals surface area contributed by atoms with E-state index < -0.39 is 0 Å². The van der Waals surface area contributed by atoms with Gasteiger partial charge in [0.1, 0.15) is 0 Å². The van der Waals surface area contributed by atoms with Crippen molar-refractivity contribution in [3.05, 3.63) is 22.4 Å². The highest BCUT2D eigenvalue weighted by Gasteiger charge is 2.30. The van der Waals surface area contributed by atoms with Crippen LogP contribution in [0.25, 0.3) is 0 Å². The Bertz CT molecular complexity index is 368. The Hall–Kier alpha value is 0.01000. The van der Waals surface area contributed by atoms with Gasteiger partial charge in [0.25, 0.3) is 0 Å². The highest BCUT2D eigenvalue weighted by molar-refractivity contribution is 7.99. The van der Waals surface area contributed by atoms with E-state index in [9.17, 15) is 0 Å². The van der Waals surface area contributed by atoms with Crippen LogP contribution in [0, 0.1) is 5.41 Å². The fraction of sp³-hybridized carbons (Fsp3) is 0.733. The van der Waals surface area contributed by atoms with E-state index in [2.05, 4.69) is 62.3 Å². The molecule has 1 aliphatic rings. The van der Waals surface area contributed by atoms with Gasteiger partial charge in [0.05, 0.1) is 0 Å². The first kappa shape index (κ1) is 14.4. The van der Waals surface area contributed by atoms with E-state index in [0.717, 1.165) is 6.54 Å². The van der Waals surface area contributed by atoms with Crippen molar-refractivity contribution in [3.8, 4) is 0 Å². The molecule has 2 rings (SSSR count). The number of nitrogens with one attached hydrogen (secondary N) is 1. The van der Waals surface area contributed by atoms with Gasteiger partial charge in [-0.3, -0.25) is 0 Å². The van der Waals surface area contributed by atoms with Crippen LogP contribution in [-0.4, -0.2) is 24.1 Å². The maximum atomic E-state index is 3.79. The summed E-state index contributed by atoms with van der Waals surface area (Å²) in [4.78, 5) is 1.48. The number of hydrogen-bond acceptors (Lipinski definition) is 3. The summed E-state index contributed by atoms with van der Waals surface area (Å²) in [5.41, 5.74) is 0.744. The molecule has 1 aromatic heterocycles. The molecule has 0 spiro atoms. The third-order valence-electron chi connectivity index (χ3n) is 3.63. The third kappa shape index (κ3) is 3.75. The molecular formula is C15H25NS2. The van der Waals surface area contributed by atoms with Crippen LogP contribution < -0.4 is 5.32 Å². The van der Waals surface area contributed by atoms with E-state index in [1.807, 2.05) is 11.3 Å². The van der Waals surface area contributed by atoms with Gasteiger partial charge in [0, 0.05) is 28.6 Å². The van der Waals surface area contributed by atoms with Gasteiger partial charge in [0.2, 0.25) is 0 Å². The summed E-state index contributed by atoms with van der Waals surface area (Å²) in [6, 6.07) is 5.09. The van der Waals surface area contributed by atoms with E-state index in [4.69, 9.17) is 0 Å². The van der Waals surface area contributed by atoms with E-state index in [-0.39, 0.29) is 5.41 Å². The Morgan fingerprint density at radius 1 is 1.44 bits per heavy atom. The van der Waals surface area contributed by atoms with Crippen LogP contribution in [-0.2, 0) is 5.41 Å². The molecule has 1 nitrogen and oxygen atoms in total. The summed E-state index contributed by atoms with van der Waals surface area (Å²) in [6.45, 7) is 10.5. The van der Waals surface area contributed by atoms with E-state index in [1.54, 1.807) is 0 Å². The van der Waals surface area contributed by atoms with Crippen LogP contribution in [0.15, 0.2) is 17.5 Å². The van der Waals surface area contributed by atoms with Gasteiger partial charge < -0.3 is 5.32 Å². The number of hydrogen-bond donors (Lipinski definition) is 1. The van der Waals surface area contributed by atoms with E-state index >= 15 is 0 Å². The zero-order valence-corrected chi connectivity index (χ0v) is 13.6. The molecule has 1 unspecified atom stereocenters. The molecule has 2 heterocycles. The zero-order chi connectivity index (χ0) is 13.2. The minimum absolute atomic E-state index is 0.250. The number of rotatable bonds is 4. The van der Waals surface area contributed by atoms with Gasteiger partial charge in [0.15, 0.2) is 0 Å². The second kappa shape index (κ2) is 5.56. The lowest BCUT2D eigenvalue weighted by Crippen LogP contribution is -2.44. The SMILES string of the molecule is CC1(C)CSCC(NCC(C)(C)c2cccs2)C1. The minimum atomic E-state index is 0.250. The van der Waals surface area contributed by atoms with E-state index in [1.165, 1.54) is 22.8 Å². The molecule has 18 heavy (non-hydrogen) atoms. The van der Waals surface area contributed by atoms with Crippen molar-refractivity contribution in [2.24, 2.45) is 5.41 Å². The summed E-state index contributed by atoms with van der Waals surface area (Å²) in [6.07, 6.45) is 1.31. The molecule has 1 saturated heterocycles. The van der Waals surface area contributed by atoms with Crippen molar-refractivity contribution in [2.75, 3.05) is 18.1 Å². The molecule has 3 heteroatoms. The van der Waals surface area contributed by atoms with Gasteiger partial charge in [-0.1, -0.05) is 33.8 Å². The topological polar surface area (TPSA) is 12.0 Å². The average molecular weight is 284 g/mol. The average Bonchev–Trinajstić information content (AvgIpc) is 2.79. The molecule has 0 bridgehead atoms. The van der Waals surface area contributed by atoms with E-state index in [0.29, 0.717) is 11.5 Å². The second-order valence-corrected chi connectivity index (χ2v) is 8.80. The van der Waals surface area contributed by atoms with Crippen molar-refractivity contribution in [1.82, 2.24) is 5.32 Å². The first-order valence-corrected chi connectivity index (χ1v) is 8.78. The van der Waals surface area contributed by atoms with Crippen LogP contribution >= 0.6 is 23.1 Å². The highest BCUT2D eigenvalue weighted by atomic mass is 32.2. The lowest BCUT2D eigenvalue weighted by molar-refractivity contribution is 0.305. The summed E-state index contributed by atoms with van der Waals surface area (Å²) in [5.74, 6) is 2.57. The van der Waals surface area contributed by atoms with Crippen molar-refractivity contribution in [3.63, 3.8) is 0 Å². The number of thioether (sulfide) groups is 1. The Balaban J connectivity index is 1.88. The van der Waals surface area contributed by atoms with Gasteiger partial charge in [-0.15, -0.1) is 11.3 Å². The van der Waals surface area contributed by atoms with Gasteiger partial charge in [-0.05, 0) is 29.0 Å². The fourth-order valence-corrected chi connectivity index (χ4v) is 4.70. The zero-order valence-electron chi connectivity index (χ0n) is 12.0. The summed E-state index contributed by atoms with van der Waals surface area (Å²) < 4.78 is 0. The molecule has 102 valence electrons. The summed E-state index contributed by atoms with van der Waals surface area (Å²) in [5, 5.41) is 5.97.